The molecular formula is C13H12Br2OS. The average molecular weight is 376 g/mol. The second-order valence-corrected chi connectivity index (χ2v) is 7.05. The molecular weight excluding hydrogens is 364 g/mol. The molecule has 0 aliphatic carbocycles. The molecule has 1 aromatic heterocycles. The van der Waals surface area contributed by atoms with Crippen LogP contribution in [-0.4, -0.2) is 13.2 Å². The molecule has 90 valence electrons. The maximum absolute atomic E-state index is 5.48. The van der Waals surface area contributed by atoms with Gasteiger partial charge >= 0.3 is 0 Å². The lowest BCUT2D eigenvalue weighted by Gasteiger charge is -2.15. The molecule has 2 unspecified atom stereocenters. The van der Waals surface area contributed by atoms with Crippen molar-refractivity contribution in [1.29, 1.82) is 0 Å². The van der Waals surface area contributed by atoms with Gasteiger partial charge in [-0.25, -0.2) is 0 Å². The van der Waals surface area contributed by atoms with E-state index in [9.17, 15) is 0 Å². The Bertz CT molecular complexity index is 531. The lowest BCUT2D eigenvalue weighted by atomic mass is 9.98. The number of halogens is 2. The van der Waals surface area contributed by atoms with Gasteiger partial charge in [-0.15, -0.1) is 11.3 Å². The van der Waals surface area contributed by atoms with Crippen LogP contribution >= 0.6 is 43.2 Å². The molecule has 0 saturated carbocycles. The highest BCUT2D eigenvalue weighted by atomic mass is 79.9. The Morgan fingerprint density at radius 2 is 2.29 bits per heavy atom. The quantitative estimate of drug-likeness (QED) is 0.660. The Kier molecular flexibility index (Phi) is 3.57. The van der Waals surface area contributed by atoms with E-state index in [1.165, 1.54) is 20.1 Å². The van der Waals surface area contributed by atoms with Gasteiger partial charge in [-0.2, -0.15) is 0 Å². The highest BCUT2D eigenvalue weighted by Gasteiger charge is 2.26. The Hall–Kier alpha value is 0.1000. The number of hydrogen-bond donors (Lipinski definition) is 0. The van der Waals surface area contributed by atoms with Crippen LogP contribution < -0.4 is 0 Å². The largest absolute Gasteiger partial charge is 0.381 e. The van der Waals surface area contributed by atoms with E-state index in [4.69, 9.17) is 4.74 Å². The van der Waals surface area contributed by atoms with Crippen LogP contribution in [0.3, 0.4) is 0 Å². The highest BCUT2D eigenvalue weighted by Crippen LogP contribution is 2.43. The second-order valence-electron chi connectivity index (χ2n) is 4.33. The van der Waals surface area contributed by atoms with Crippen LogP contribution in [0.1, 0.15) is 16.8 Å². The summed E-state index contributed by atoms with van der Waals surface area (Å²) >= 11 is 9.27. The van der Waals surface area contributed by atoms with Crippen molar-refractivity contribution in [3.63, 3.8) is 0 Å². The summed E-state index contributed by atoms with van der Waals surface area (Å²) < 4.78 is 8.00. The molecule has 1 aliphatic rings. The maximum Gasteiger partial charge on any atom is 0.0509 e. The lowest BCUT2D eigenvalue weighted by Crippen LogP contribution is -2.06. The van der Waals surface area contributed by atoms with Crippen molar-refractivity contribution in [2.45, 2.75) is 11.2 Å². The van der Waals surface area contributed by atoms with Crippen molar-refractivity contribution in [3.8, 4) is 0 Å². The van der Waals surface area contributed by atoms with E-state index < -0.39 is 0 Å². The number of fused-ring (bicyclic) bond motifs is 1. The predicted molar refractivity (Wildman–Crippen MR) is 80.1 cm³/mol. The summed E-state index contributed by atoms with van der Waals surface area (Å²) in [4.78, 5) is 0.410. The van der Waals surface area contributed by atoms with Crippen LogP contribution in [0, 0.1) is 5.92 Å². The highest BCUT2D eigenvalue weighted by molar-refractivity contribution is 9.10. The molecule has 1 nitrogen and oxygen atoms in total. The number of thiophene rings is 1. The van der Waals surface area contributed by atoms with Gasteiger partial charge in [0.2, 0.25) is 0 Å². The van der Waals surface area contributed by atoms with Gasteiger partial charge in [-0.05, 0) is 44.7 Å². The van der Waals surface area contributed by atoms with Gasteiger partial charge in [0.05, 0.1) is 6.61 Å². The lowest BCUT2D eigenvalue weighted by molar-refractivity contribution is 0.185. The van der Waals surface area contributed by atoms with Gasteiger partial charge in [0.15, 0.2) is 0 Å². The van der Waals surface area contributed by atoms with E-state index in [0.717, 1.165) is 19.6 Å². The summed E-state index contributed by atoms with van der Waals surface area (Å²) in [5.41, 5.74) is 1.40. The second kappa shape index (κ2) is 5.00. The molecule has 2 aromatic rings. The standard InChI is InChI=1S/C13H12Br2OS/c14-11-3-1-2-9-10(7-17-13(9)11)12(15)8-4-5-16-6-8/h1-3,7-8,12H,4-6H2. The summed E-state index contributed by atoms with van der Waals surface area (Å²) in [7, 11) is 0. The third-order valence-electron chi connectivity index (χ3n) is 3.26. The van der Waals surface area contributed by atoms with E-state index in [2.05, 4.69) is 55.4 Å². The summed E-state index contributed by atoms with van der Waals surface area (Å²) in [6.45, 7) is 1.78. The van der Waals surface area contributed by atoms with Crippen molar-refractivity contribution < 1.29 is 4.74 Å². The first-order valence-electron chi connectivity index (χ1n) is 5.65. The monoisotopic (exact) mass is 374 g/mol. The van der Waals surface area contributed by atoms with Gasteiger partial charge < -0.3 is 4.74 Å². The van der Waals surface area contributed by atoms with Crippen LogP contribution in [0.2, 0.25) is 0 Å². The fourth-order valence-corrected chi connectivity index (χ4v) is 4.92. The Labute approximate surface area is 121 Å². The number of benzene rings is 1. The summed E-state index contributed by atoms with van der Waals surface area (Å²) in [5, 5.41) is 3.63. The van der Waals surface area contributed by atoms with Gasteiger partial charge in [0.25, 0.3) is 0 Å². The first-order valence-corrected chi connectivity index (χ1v) is 8.23. The Balaban J connectivity index is 2.02. The SMILES string of the molecule is Brc1cccc2c(C(Br)C3CCOC3)csc12. The summed E-state index contributed by atoms with van der Waals surface area (Å²) in [5.74, 6) is 0.604. The zero-order valence-electron chi connectivity index (χ0n) is 9.16. The molecule has 0 spiro atoms. The van der Waals surface area contributed by atoms with Crippen LogP contribution in [0.5, 0.6) is 0 Å². The summed E-state index contributed by atoms with van der Waals surface area (Å²) in [6, 6.07) is 6.41. The normalized spacial score (nSPS) is 22.1. The minimum absolute atomic E-state index is 0.410. The van der Waals surface area contributed by atoms with Gasteiger partial charge in [0, 0.05) is 26.5 Å². The van der Waals surface area contributed by atoms with Crippen molar-refractivity contribution in [2.75, 3.05) is 13.2 Å². The molecule has 17 heavy (non-hydrogen) atoms. The van der Waals surface area contributed by atoms with Gasteiger partial charge in [-0.3, -0.25) is 0 Å². The fraction of sp³-hybridized carbons (Fsp3) is 0.385. The first kappa shape index (κ1) is 12.2. The molecule has 4 heteroatoms. The molecule has 1 aliphatic heterocycles. The molecule has 0 radical (unpaired) electrons. The van der Waals surface area contributed by atoms with Crippen LogP contribution in [-0.2, 0) is 4.74 Å². The van der Waals surface area contributed by atoms with Crippen LogP contribution in [0.4, 0.5) is 0 Å². The fourth-order valence-electron chi connectivity index (χ4n) is 2.29. The molecule has 2 atom stereocenters. The minimum Gasteiger partial charge on any atom is -0.381 e. The van der Waals surface area contributed by atoms with E-state index in [-0.39, 0.29) is 0 Å². The Morgan fingerprint density at radius 3 is 3.06 bits per heavy atom. The minimum atomic E-state index is 0.410. The van der Waals surface area contributed by atoms with E-state index >= 15 is 0 Å². The molecule has 3 rings (SSSR count). The maximum atomic E-state index is 5.48. The number of rotatable bonds is 2. The van der Waals surface area contributed by atoms with Crippen LogP contribution in [0.15, 0.2) is 28.1 Å². The smallest absolute Gasteiger partial charge is 0.0509 e. The molecule has 0 amide bonds. The van der Waals surface area contributed by atoms with Crippen molar-refractivity contribution in [1.82, 2.24) is 0 Å². The van der Waals surface area contributed by atoms with Gasteiger partial charge in [-0.1, -0.05) is 28.1 Å². The molecule has 0 N–H and O–H groups in total. The number of ether oxygens (including phenoxy) is 1. The zero-order valence-corrected chi connectivity index (χ0v) is 13.1. The third-order valence-corrected chi connectivity index (χ3v) is 6.47. The molecule has 1 saturated heterocycles. The molecule has 0 bridgehead atoms. The van der Waals surface area contributed by atoms with E-state index in [0.29, 0.717) is 10.7 Å². The van der Waals surface area contributed by atoms with Gasteiger partial charge in [0.1, 0.15) is 0 Å². The number of hydrogen-bond acceptors (Lipinski definition) is 2. The molecule has 1 fully saturated rings. The first-order chi connectivity index (χ1) is 8.27. The number of alkyl halides is 1. The van der Waals surface area contributed by atoms with E-state index in [1.54, 1.807) is 0 Å². The van der Waals surface area contributed by atoms with Crippen LogP contribution in [0.25, 0.3) is 10.1 Å². The third kappa shape index (κ3) is 2.21. The molecule has 2 heterocycles. The van der Waals surface area contributed by atoms with Crippen molar-refractivity contribution >= 4 is 53.3 Å². The van der Waals surface area contributed by atoms with Crippen molar-refractivity contribution in [2.24, 2.45) is 5.92 Å². The molecule has 1 aromatic carbocycles. The topological polar surface area (TPSA) is 9.23 Å². The zero-order chi connectivity index (χ0) is 11.8. The Morgan fingerprint density at radius 1 is 1.41 bits per heavy atom. The van der Waals surface area contributed by atoms with E-state index in [1.807, 2.05) is 11.3 Å². The van der Waals surface area contributed by atoms with Crippen molar-refractivity contribution in [3.05, 3.63) is 33.6 Å². The summed E-state index contributed by atoms with van der Waals surface area (Å²) in [6.07, 6.45) is 1.15. The predicted octanol–water partition coefficient (Wildman–Crippen LogP) is 5.14. The average Bonchev–Trinajstić information content (AvgIpc) is 2.98.